The van der Waals surface area contributed by atoms with Gasteiger partial charge in [0.1, 0.15) is 11.9 Å². The summed E-state index contributed by atoms with van der Waals surface area (Å²) in [5, 5.41) is 21.2. The number of hydrogen-bond acceptors (Lipinski definition) is 4. The van der Waals surface area contributed by atoms with E-state index < -0.39 is 11.0 Å². The van der Waals surface area contributed by atoms with Crippen LogP contribution in [0.1, 0.15) is 22.8 Å². The molecule has 0 saturated carbocycles. The van der Waals surface area contributed by atoms with Crippen LogP contribution >= 0.6 is 0 Å². The van der Waals surface area contributed by atoms with Crippen LogP contribution in [0.5, 0.6) is 5.75 Å². The standard InChI is InChI=1S/C15H15NO4/c1-10-3-4-12(9-14(10)16(18)19)15(17)11-5-7-13(20-2)8-6-11/h3-9,15,17H,1-2H3/t15-/m0/s1. The quantitative estimate of drug-likeness (QED) is 0.686. The van der Waals surface area contributed by atoms with Crippen molar-refractivity contribution < 1.29 is 14.8 Å². The zero-order valence-corrected chi connectivity index (χ0v) is 11.2. The van der Waals surface area contributed by atoms with Crippen molar-refractivity contribution in [3.63, 3.8) is 0 Å². The Hall–Kier alpha value is -2.40. The molecule has 20 heavy (non-hydrogen) atoms. The molecule has 0 radical (unpaired) electrons. The number of hydrogen-bond donors (Lipinski definition) is 1. The second-order valence-corrected chi connectivity index (χ2v) is 4.48. The van der Waals surface area contributed by atoms with Crippen molar-refractivity contribution in [1.29, 1.82) is 0 Å². The monoisotopic (exact) mass is 273 g/mol. The van der Waals surface area contributed by atoms with Crippen LogP contribution in [0.15, 0.2) is 42.5 Å². The second-order valence-electron chi connectivity index (χ2n) is 4.48. The predicted molar refractivity (Wildman–Crippen MR) is 74.9 cm³/mol. The average Bonchev–Trinajstić information content (AvgIpc) is 2.47. The Kier molecular flexibility index (Phi) is 4.00. The molecule has 0 aliphatic carbocycles. The number of aliphatic hydroxyl groups excluding tert-OH is 1. The average molecular weight is 273 g/mol. The summed E-state index contributed by atoms with van der Waals surface area (Å²) in [6, 6.07) is 11.7. The largest absolute Gasteiger partial charge is 0.497 e. The third-order valence-corrected chi connectivity index (χ3v) is 3.18. The first-order valence-electron chi connectivity index (χ1n) is 6.10. The van der Waals surface area contributed by atoms with E-state index in [1.165, 1.54) is 6.07 Å². The van der Waals surface area contributed by atoms with Crippen LogP contribution in [0.2, 0.25) is 0 Å². The molecule has 1 N–H and O–H groups in total. The number of methoxy groups -OCH3 is 1. The maximum Gasteiger partial charge on any atom is 0.272 e. The number of nitro groups is 1. The number of aryl methyl sites for hydroxylation is 1. The highest BCUT2D eigenvalue weighted by Gasteiger charge is 2.16. The van der Waals surface area contributed by atoms with Crippen LogP contribution in [0, 0.1) is 17.0 Å². The Morgan fingerprint density at radius 1 is 1.15 bits per heavy atom. The van der Waals surface area contributed by atoms with Crippen molar-refractivity contribution in [2.24, 2.45) is 0 Å². The molecule has 0 aliphatic rings. The topological polar surface area (TPSA) is 72.6 Å². The van der Waals surface area contributed by atoms with Crippen LogP contribution in [-0.4, -0.2) is 17.1 Å². The molecule has 2 aromatic rings. The Bertz CT molecular complexity index is 622. The summed E-state index contributed by atoms with van der Waals surface area (Å²) >= 11 is 0. The van der Waals surface area contributed by atoms with E-state index >= 15 is 0 Å². The van der Waals surface area contributed by atoms with Gasteiger partial charge in [0.05, 0.1) is 12.0 Å². The molecule has 2 aromatic carbocycles. The van der Waals surface area contributed by atoms with E-state index in [1.54, 1.807) is 50.4 Å². The number of aliphatic hydroxyl groups is 1. The van der Waals surface area contributed by atoms with Gasteiger partial charge in [-0.15, -0.1) is 0 Å². The number of ether oxygens (including phenoxy) is 1. The number of nitro benzene ring substituents is 1. The molecule has 0 heterocycles. The van der Waals surface area contributed by atoms with Crippen molar-refractivity contribution in [2.75, 3.05) is 7.11 Å². The lowest BCUT2D eigenvalue weighted by Gasteiger charge is -2.12. The molecule has 0 bridgehead atoms. The Morgan fingerprint density at radius 2 is 1.75 bits per heavy atom. The van der Waals surface area contributed by atoms with Crippen molar-refractivity contribution in [1.82, 2.24) is 0 Å². The molecule has 104 valence electrons. The summed E-state index contributed by atoms with van der Waals surface area (Å²) in [4.78, 5) is 10.5. The first-order valence-corrected chi connectivity index (χ1v) is 6.10. The van der Waals surface area contributed by atoms with Crippen LogP contribution in [0.3, 0.4) is 0 Å². The summed E-state index contributed by atoms with van der Waals surface area (Å²) in [5.41, 5.74) is 1.73. The van der Waals surface area contributed by atoms with Gasteiger partial charge in [-0.3, -0.25) is 10.1 Å². The third-order valence-electron chi connectivity index (χ3n) is 3.18. The lowest BCUT2D eigenvalue weighted by atomic mass is 9.99. The number of nitrogens with zero attached hydrogens (tertiary/aromatic N) is 1. The van der Waals surface area contributed by atoms with Gasteiger partial charge >= 0.3 is 0 Å². The van der Waals surface area contributed by atoms with Gasteiger partial charge in [-0.25, -0.2) is 0 Å². The molecule has 0 spiro atoms. The molecular weight excluding hydrogens is 258 g/mol. The number of rotatable bonds is 4. The zero-order chi connectivity index (χ0) is 14.7. The normalized spacial score (nSPS) is 11.9. The first kappa shape index (κ1) is 14.0. The lowest BCUT2D eigenvalue weighted by Crippen LogP contribution is -2.01. The van der Waals surface area contributed by atoms with Gasteiger partial charge in [0.2, 0.25) is 0 Å². The van der Waals surface area contributed by atoms with E-state index in [4.69, 9.17) is 4.74 Å². The van der Waals surface area contributed by atoms with E-state index in [-0.39, 0.29) is 5.69 Å². The molecular formula is C15H15NO4. The number of benzene rings is 2. The summed E-state index contributed by atoms with van der Waals surface area (Å²) < 4.78 is 5.05. The molecule has 0 aromatic heterocycles. The van der Waals surface area contributed by atoms with Gasteiger partial charge < -0.3 is 9.84 Å². The van der Waals surface area contributed by atoms with Crippen LogP contribution in [0.4, 0.5) is 5.69 Å². The molecule has 1 atom stereocenters. The Morgan fingerprint density at radius 3 is 2.30 bits per heavy atom. The molecule has 0 aliphatic heterocycles. The van der Waals surface area contributed by atoms with Crippen LogP contribution in [0.25, 0.3) is 0 Å². The van der Waals surface area contributed by atoms with E-state index in [2.05, 4.69) is 0 Å². The SMILES string of the molecule is COc1ccc([C@H](O)c2ccc(C)c([N+](=O)[O-])c2)cc1. The van der Waals surface area contributed by atoms with Gasteiger partial charge in [0, 0.05) is 11.6 Å². The first-order chi connectivity index (χ1) is 9.52. The van der Waals surface area contributed by atoms with Crippen molar-refractivity contribution in [3.8, 4) is 5.75 Å². The van der Waals surface area contributed by atoms with Crippen LogP contribution < -0.4 is 4.74 Å². The Labute approximate surface area is 116 Å². The van der Waals surface area contributed by atoms with E-state index in [9.17, 15) is 15.2 Å². The van der Waals surface area contributed by atoms with E-state index in [1.807, 2.05) is 0 Å². The minimum absolute atomic E-state index is 0.00932. The maximum atomic E-state index is 10.9. The highest BCUT2D eigenvalue weighted by molar-refractivity contribution is 5.45. The highest BCUT2D eigenvalue weighted by atomic mass is 16.6. The summed E-state index contributed by atoms with van der Waals surface area (Å²) in [6.45, 7) is 1.67. The smallest absolute Gasteiger partial charge is 0.272 e. The molecule has 5 nitrogen and oxygen atoms in total. The molecule has 0 saturated heterocycles. The zero-order valence-electron chi connectivity index (χ0n) is 11.2. The fourth-order valence-corrected chi connectivity index (χ4v) is 1.97. The molecule has 5 heteroatoms. The van der Waals surface area contributed by atoms with Gasteiger partial charge in [-0.05, 0) is 30.2 Å². The minimum atomic E-state index is -0.903. The van der Waals surface area contributed by atoms with Crippen LogP contribution in [-0.2, 0) is 0 Å². The van der Waals surface area contributed by atoms with Gasteiger partial charge in [-0.1, -0.05) is 24.3 Å². The molecule has 2 rings (SSSR count). The van der Waals surface area contributed by atoms with Gasteiger partial charge in [0.25, 0.3) is 5.69 Å². The molecule has 0 amide bonds. The van der Waals surface area contributed by atoms with Crippen molar-refractivity contribution in [3.05, 3.63) is 69.3 Å². The second kappa shape index (κ2) is 5.71. The predicted octanol–water partition coefficient (Wildman–Crippen LogP) is 2.99. The maximum absolute atomic E-state index is 10.9. The summed E-state index contributed by atoms with van der Waals surface area (Å²) in [5.74, 6) is 0.691. The van der Waals surface area contributed by atoms with Gasteiger partial charge in [0.15, 0.2) is 0 Å². The fourth-order valence-electron chi connectivity index (χ4n) is 1.97. The Balaban J connectivity index is 2.34. The minimum Gasteiger partial charge on any atom is -0.497 e. The molecule has 0 unspecified atom stereocenters. The molecule has 0 fully saturated rings. The third kappa shape index (κ3) is 2.78. The van der Waals surface area contributed by atoms with Crippen molar-refractivity contribution >= 4 is 5.69 Å². The summed E-state index contributed by atoms with van der Waals surface area (Å²) in [6.07, 6.45) is -0.903. The van der Waals surface area contributed by atoms with Gasteiger partial charge in [-0.2, -0.15) is 0 Å². The van der Waals surface area contributed by atoms with E-state index in [0.29, 0.717) is 22.4 Å². The summed E-state index contributed by atoms with van der Waals surface area (Å²) in [7, 11) is 1.56. The highest BCUT2D eigenvalue weighted by Crippen LogP contribution is 2.28. The van der Waals surface area contributed by atoms with E-state index in [0.717, 1.165) is 0 Å². The lowest BCUT2D eigenvalue weighted by molar-refractivity contribution is -0.385. The fraction of sp³-hybridized carbons (Fsp3) is 0.200. The van der Waals surface area contributed by atoms with Crippen molar-refractivity contribution in [2.45, 2.75) is 13.0 Å².